The summed E-state index contributed by atoms with van der Waals surface area (Å²) < 4.78 is 9.37. The highest BCUT2D eigenvalue weighted by molar-refractivity contribution is 9.10. The van der Waals surface area contributed by atoms with E-state index in [1.165, 1.54) is 17.7 Å². The number of aromatic nitrogens is 2. The summed E-state index contributed by atoms with van der Waals surface area (Å²) in [5.41, 5.74) is 5.48. The third-order valence-electron chi connectivity index (χ3n) is 14.1. The number of amides is 4. The van der Waals surface area contributed by atoms with Crippen molar-refractivity contribution in [2.75, 3.05) is 55.7 Å². The monoisotopic (exact) mass is 845 g/mol. The quantitative estimate of drug-likeness (QED) is 0.282. The number of benzene rings is 3. The number of carbonyl (C=O) groups is 4. The summed E-state index contributed by atoms with van der Waals surface area (Å²) in [6.07, 6.45) is 7.89. The van der Waals surface area contributed by atoms with E-state index in [1.54, 1.807) is 6.07 Å². The number of rotatable bonds is 4. The second-order valence-corrected chi connectivity index (χ2v) is 18.0. The average molecular weight is 847 g/mol. The van der Waals surface area contributed by atoms with Gasteiger partial charge in [-0.1, -0.05) is 31.4 Å². The normalized spacial score (nSPS) is 24.1. The van der Waals surface area contributed by atoms with E-state index in [0.29, 0.717) is 23.7 Å². The lowest BCUT2D eigenvalue weighted by Gasteiger charge is -2.47. The Morgan fingerprint density at radius 1 is 0.879 bits per heavy atom. The summed E-state index contributed by atoms with van der Waals surface area (Å²) >= 11 is 3.64. The Bertz CT molecular complexity index is 2520. The molecule has 1 unspecified atom stereocenters. The Labute approximate surface area is 343 Å². The van der Waals surface area contributed by atoms with Crippen molar-refractivity contribution in [1.82, 2.24) is 24.7 Å². The highest BCUT2D eigenvalue weighted by atomic mass is 79.9. The van der Waals surface area contributed by atoms with Gasteiger partial charge in [-0.05, 0) is 95.9 Å². The van der Waals surface area contributed by atoms with Crippen LogP contribution in [-0.4, -0.2) is 101 Å². The topological polar surface area (TPSA) is 137 Å². The Balaban J connectivity index is 0.771. The van der Waals surface area contributed by atoms with Crippen LogP contribution in [0.3, 0.4) is 0 Å². The molecule has 13 nitrogen and oxygen atoms in total. The van der Waals surface area contributed by atoms with Crippen LogP contribution in [0.1, 0.15) is 89.9 Å². The average Bonchev–Trinajstić information content (AvgIpc) is 3.64. The molecule has 1 saturated carbocycles. The van der Waals surface area contributed by atoms with Gasteiger partial charge in [-0.3, -0.25) is 43.7 Å². The number of piperidine rings is 2. The summed E-state index contributed by atoms with van der Waals surface area (Å²) in [5, 5.41) is 2.90. The van der Waals surface area contributed by atoms with Crippen LogP contribution in [0.5, 0.6) is 5.75 Å². The van der Waals surface area contributed by atoms with Crippen LogP contribution in [-0.2, 0) is 15.0 Å². The molecule has 58 heavy (non-hydrogen) atoms. The standard InChI is InChI=1S/C44H44BrN7O6/c45-30-5-4-6-31-37(30)40(55)47-43-44(15-2-1-3-16-44)29-9-7-26(21-34(29)51(31)43)49-17-13-25(14-18-49)22-48-19-20-50-27(23-48)24-58-38-32(50)10-8-28-36(38)42(57)52(41(28)56)33-11-12-35(53)46-39(33)54/h4-10,21,25,27,33H,1-3,11-20,22-24H2,(H,46,53,54)/t27-,33?/m1/s1. The van der Waals surface area contributed by atoms with Gasteiger partial charge in [-0.2, -0.15) is 4.98 Å². The molecule has 1 aliphatic carbocycles. The molecule has 2 atom stereocenters. The first kappa shape index (κ1) is 36.0. The summed E-state index contributed by atoms with van der Waals surface area (Å²) in [5.74, 6) is -0.189. The highest BCUT2D eigenvalue weighted by Gasteiger charge is 2.49. The van der Waals surface area contributed by atoms with E-state index < -0.39 is 29.7 Å². The minimum atomic E-state index is -1.01. The van der Waals surface area contributed by atoms with Crippen LogP contribution in [0.25, 0.3) is 16.6 Å². The molecule has 1 aromatic heterocycles. The number of nitrogens with zero attached hydrogens (tertiary/aromatic N) is 6. The van der Waals surface area contributed by atoms with Gasteiger partial charge in [0.25, 0.3) is 17.4 Å². The molecule has 11 rings (SSSR count). The molecule has 0 bridgehead atoms. The first-order valence-corrected chi connectivity index (χ1v) is 21.6. The number of anilines is 2. The van der Waals surface area contributed by atoms with Gasteiger partial charge in [0.1, 0.15) is 18.5 Å². The molecule has 14 heteroatoms. The third-order valence-corrected chi connectivity index (χ3v) is 14.7. The molecular weight excluding hydrogens is 802 g/mol. The Kier molecular flexibility index (Phi) is 8.38. The van der Waals surface area contributed by atoms with Crippen LogP contribution in [0, 0.1) is 5.92 Å². The summed E-state index contributed by atoms with van der Waals surface area (Å²) in [4.78, 5) is 78.1. The molecule has 6 aliphatic heterocycles. The third kappa shape index (κ3) is 5.36. The maximum absolute atomic E-state index is 13.7. The Hall–Kier alpha value is -5.08. The van der Waals surface area contributed by atoms with Gasteiger partial charge in [0.15, 0.2) is 5.75 Å². The number of fused-ring (bicyclic) bond motifs is 12. The van der Waals surface area contributed by atoms with Crippen molar-refractivity contribution in [2.45, 2.75) is 75.3 Å². The Morgan fingerprint density at radius 2 is 1.71 bits per heavy atom. The fourth-order valence-electron chi connectivity index (χ4n) is 11.2. The van der Waals surface area contributed by atoms with E-state index in [-0.39, 0.29) is 41.0 Å². The minimum Gasteiger partial charge on any atom is -0.488 e. The molecule has 3 saturated heterocycles. The number of halogens is 1. The lowest BCUT2D eigenvalue weighted by Crippen LogP contribution is -2.58. The van der Waals surface area contributed by atoms with E-state index in [0.717, 1.165) is 110 Å². The van der Waals surface area contributed by atoms with Crippen molar-refractivity contribution in [2.24, 2.45) is 5.92 Å². The second-order valence-electron chi connectivity index (χ2n) is 17.2. The molecule has 4 fully saturated rings. The summed E-state index contributed by atoms with van der Waals surface area (Å²) in [6, 6.07) is 15.6. The van der Waals surface area contributed by atoms with Gasteiger partial charge in [-0.25, -0.2) is 0 Å². The van der Waals surface area contributed by atoms with Crippen molar-refractivity contribution in [1.29, 1.82) is 0 Å². The van der Waals surface area contributed by atoms with Crippen molar-refractivity contribution in [3.63, 3.8) is 0 Å². The maximum atomic E-state index is 13.7. The molecule has 7 aliphatic rings. The molecule has 7 heterocycles. The maximum Gasteiger partial charge on any atom is 0.281 e. The molecule has 3 aromatic carbocycles. The zero-order valence-electron chi connectivity index (χ0n) is 32.2. The largest absolute Gasteiger partial charge is 0.488 e. The second kappa shape index (κ2) is 13.5. The van der Waals surface area contributed by atoms with Crippen molar-refractivity contribution < 1.29 is 23.9 Å². The van der Waals surface area contributed by atoms with Crippen LogP contribution in [0.15, 0.2) is 57.8 Å². The lowest BCUT2D eigenvalue weighted by atomic mass is 9.70. The Morgan fingerprint density at radius 3 is 2.52 bits per heavy atom. The zero-order valence-corrected chi connectivity index (χ0v) is 33.8. The van der Waals surface area contributed by atoms with E-state index in [1.807, 2.05) is 18.2 Å². The number of nitrogens with one attached hydrogen (secondary N) is 1. The number of imide groups is 2. The molecule has 1 N–H and O–H groups in total. The van der Waals surface area contributed by atoms with E-state index in [4.69, 9.17) is 9.72 Å². The van der Waals surface area contributed by atoms with Crippen LogP contribution >= 0.6 is 15.9 Å². The van der Waals surface area contributed by atoms with Gasteiger partial charge in [0.05, 0.1) is 44.9 Å². The zero-order chi connectivity index (χ0) is 39.4. The summed E-state index contributed by atoms with van der Waals surface area (Å²) in [7, 11) is 0. The minimum absolute atomic E-state index is 0.0769. The summed E-state index contributed by atoms with van der Waals surface area (Å²) in [6.45, 7) is 5.88. The van der Waals surface area contributed by atoms with Crippen LogP contribution in [0.2, 0.25) is 0 Å². The molecule has 4 aromatic rings. The molecule has 4 amide bonds. The van der Waals surface area contributed by atoms with E-state index >= 15 is 0 Å². The van der Waals surface area contributed by atoms with Gasteiger partial charge in [0, 0.05) is 55.8 Å². The predicted octanol–water partition coefficient (Wildman–Crippen LogP) is 4.91. The number of piperazine rings is 1. The van der Waals surface area contributed by atoms with Crippen molar-refractivity contribution in [3.05, 3.63) is 85.9 Å². The lowest BCUT2D eigenvalue weighted by molar-refractivity contribution is -0.136. The number of carbonyl (C=O) groups excluding carboxylic acids is 4. The van der Waals surface area contributed by atoms with Gasteiger partial charge >= 0.3 is 0 Å². The first-order chi connectivity index (χ1) is 28.2. The van der Waals surface area contributed by atoms with Crippen LogP contribution in [0.4, 0.5) is 11.4 Å². The molecular formula is C44H44BrN7O6. The van der Waals surface area contributed by atoms with E-state index in [9.17, 15) is 24.0 Å². The smallest absolute Gasteiger partial charge is 0.281 e. The number of ether oxygens (including phenoxy) is 1. The van der Waals surface area contributed by atoms with Gasteiger partial charge in [0.2, 0.25) is 11.8 Å². The SMILES string of the molecule is O=C1CCC(N2C(=O)c3ccc4c(c3C2=O)OC[C@H]2CN(CC3CCN(c5ccc6c(c5)-n5c(nc(=O)c7c(Br)cccc75)C65CCCCC5)CC3)CCN42)C(=O)N1. The predicted molar refractivity (Wildman–Crippen MR) is 220 cm³/mol. The van der Waals surface area contributed by atoms with Crippen molar-refractivity contribution >= 4 is 61.8 Å². The van der Waals surface area contributed by atoms with Crippen molar-refractivity contribution in [3.8, 4) is 11.4 Å². The molecule has 298 valence electrons. The fourth-order valence-corrected chi connectivity index (χ4v) is 11.7. The fraction of sp³-hybridized carbons (Fsp3) is 0.455. The van der Waals surface area contributed by atoms with E-state index in [2.05, 4.69) is 64.8 Å². The molecule has 1 spiro atoms. The molecule has 0 radical (unpaired) electrons. The van der Waals surface area contributed by atoms with Gasteiger partial charge in [-0.15, -0.1) is 0 Å². The number of hydrogen-bond acceptors (Lipinski definition) is 10. The van der Waals surface area contributed by atoms with Gasteiger partial charge < -0.3 is 14.5 Å². The first-order valence-electron chi connectivity index (χ1n) is 20.8. The highest BCUT2D eigenvalue weighted by Crippen LogP contribution is 2.52. The number of hydrogen-bond donors (Lipinski definition) is 1. The van der Waals surface area contributed by atoms with Crippen LogP contribution < -0.4 is 25.4 Å².